The molecule has 20 nitrogen and oxygen atoms in total. The normalized spacial score (nSPS) is 17.6. The molecule has 20 heteroatoms. The first-order chi connectivity index (χ1) is 48.4. The maximum absolute atomic E-state index is 12.7. The molecule has 3 fully saturated rings. The lowest BCUT2D eigenvalue weighted by Gasteiger charge is -2.25. The molecule has 8 aromatic rings. The van der Waals surface area contributed by atoms with Gasteiger partial charge in [0.25, 0.3) is 0 Å². The van der Waals surface area contributed by atoms with Crippen LogP contribution in [0.3, 0.4) is 0 Å². The van der Waals surface area contributed by atoms with E-state index in [-0.39, 0.29) is 108 Å². The number of benzene rings is 8. The molecule has 0 bridgehead atoms. The van der Waals surface area contributed by atoms with Gasteiger partial charge >= 0.3 is 47.8 Å². The zero-order chi connectivity index (χ0) is 70.6. The van der Waals surface area contributed by atoms with Crippen LogP contribution in [-0.2, 0) is 74.3 Å². The molecule has 100 heavy (non-hydrogen) atoms. The van der Waals surface area contributed by atoms with Gasteiger partial charge in [0.2, 0.25) is 0 Å². The summed E-state index contributed by atoms with van der Waals surface area (Å²) >= 11 is 0. The number of hydrogen-bond acceptors (Lipinski definition) is 20. The predicted octanol–water partition coefficient (Wildman–Crippen LogP) is 14.7. The molecule has 2 N–H and O–H groups in total. The van der Waals surface area contributed by atoms with Crippen LogP contribution in [0.5, 0.6) is 57.5 Å². The van der Waals surface area contributed by atoms with E-state index in [1.165, 1.54) is 62.4 Å². The Balaban J connectivity index is 0.000000179. The Bertz CT molecular complexity index is 3670. The first kappa shape index (κ1) is 73.0. The molecule has 0 saturated heterocycles. The highest BCUT2D eigenvalue weighted by molar-refractivity contribution is 5.80. The minimum atomic E-state index is -0.357. The highest BCUT2D eigenvalue weighted by Crippen LogP contribution is 2.36. The fourth-order valence-electron chi connectivity index (χ4n) is 11.3. The second-order valence-electron chi connectivity index (χ2n) is 24.5. The molecule has 0 aliphatic heterocycles. The molecule has 0 unspecified atom stereocenters. The Labute approximate surface area is 580 Å². The number of carbonyl (C=O) groups is 8. The summed E-state index contributed by atoms with van der Waals surface area (Å²) in [6.45, 7) is 3.97. The second-order valence-corrected chi connectivity index (χ2v) is 24.5. The second kappa shape index (κ2) is 37.5. The molecule has 0 spiro atoms. The summed E-state index contributed by atoms with van der Waals surface area (Å²) < 4.78 is 54.2. The van der Waals surface area contributed by atoms with Crippen molar-refractivity contribution < 1.29 is 95.9 Å². The average molecular weight is 1360 g/mol. The van der Waals surface area contributed by atoms with Crippen LogP contribution in [0.25, 0.3) is 0 Å². The molecule has 0 aromatic heterocycles. The fourth-order valence-corrected chi connectivity index (χ4v) is 11.3. The third-order valence-corrected chi connectivity index (χ3v) is 17.0. The lowest BCUT2D eigenvalue weighted by atomic mass is 9.82. The highest BCUT2D eigenvalue weighted by Gasteiger charge is 2.35. The van der Waals surface area contributed by atoms with Crippen molar-refractivity contribution in [1.82, 2.24) is 0 Å². The van der Waals surface area contributed by atoms with E-state index in [1.54, 1.807) is 97.1 Å². The Morgan fingerprint density at radius 2 is 0.450 bits per heavy atom. The third-order valence-electron chi connectivity index (χ3n) is 17.0. The molecular weight excluding hydrogens is 1280 g/mol. The zero-order valence-electron chi connectivity index (χ0n) is 55.7. The summed E-state index contributed by atoms with van der Waals surface area (Å²) in [7, 11) is 0. The number of aromatic hydroxyl groups is 2. The molecule has 0 atom stereocenters. The number of carbonyl (C=O) groups excluding carboxylic acids is 8. The van der Waals surface area contributed by atoms with Crippen molar-refractivity contribution in [1.29, 1.82) is 0 Å². The quantitative estimate of drug-likeness (QED) is 0.0471. The number of ether oxygens (including phenoxy) is 10. The van der Waals surface area contributed by atoms with E-state index in [1.807, 2.05) is 60.7 Å². The maximum atomic E-state index is 12.7. The number of hydrogen-bond donors (Lipinski definition) is 2. The molecule has 0 amide bonds. The van der Waals surface area contributed by atoms with Crippen molar-refractivity contribution >= 4 is 47.8 Å². The Kier molecular flexibility index (Phi) is 27.3. The first-order valence-electron chi connectivity index (χ1n) is 33.3. The van der Waals surface area contributed by atoms with Gasteiger partial charge in [-0.15, -0.1) is 0 Å². The van der Waals surface area contributed by atoms with Crippen LogP contribution in [0, 0.1) is 35.5 Å². The number of phenols is 2. The lowest BCUT2D eigenvalue weighted by Crippen LogP contribution is -2.30. The van der Waals surface area contributed by atoms with E-state index in [9.17, 15) is 48.6 Å². The van der Waals surface area contributed by atoms with Gasteiger partial charge in [-0.25, -0.2) is 0 Å². The SMILES string of the molecule is CC(=O)OCc1ccc(OC(=O)C2CCC(C(=O)Oc3ccc(COC(C)=O)cc3)CC2)cc1.O=C(Oc1ccc(O)cc1)C1CCC(C(=O)Oc2ccc(O)cc2)CC1.O=C(Oc1ccc(OCc2ccccc2)cc1)C1CCC(C(=O)Oc2ccc(OCc3ccccc3)cc2)CC1. The van der Waals surface area contributed by atoms with Gasteiger partial charge in [0.1, 0.15) is 83.9 Å². The highest BCUT2D eigenvalue weighted by atomic mass is 16.6. The molecular formula is C80H80O20. The molecule has 8 aromatic carbocycles. The Morgan fingerprint density at radius 3 is 0.670 bits per heavy atom. The topological polar surface area (TPSA) is 269 Å². The van der Waals surface area contributed by atoms with E-state index in [4.69, 9.17) is 47.4 Å². The van der Waals surface area contributed by atoms with Gasteiger partial charge < -0.3 is 57.6 Å². The van der Waals surface area contributed by atoms with Gasteiger partial charge in [0.05, 0.1) is 35.5 Å². The summed E-state index contributed by atoms with van der Waals surface area (Å²) in [5.74, 6) is 0.187. The molecule has 3 aliphatic rings. The number of esters is 8. The van der Waals surface area contributed by atoms with Crippen molar-refractivity contribution in [2.24, 2.45) is 35.5 Å². The molecule has 3 saturated carbocycles. The van der Waals surface area contributed by atoms with Crippen LogP contribution < -0.4 is 37.9 Å². The van der Waals surface area contributed by atoms with Crippen molar-refractivity contribution in [3.63, 3.8) is 0 Å². The van der Waals surface area contributed by atoms with E-state index >= 15 is 0 Å². The Morgan fingerprint density at radius 1 is 0.260 bits per heavy atom. The van der Waals surface area contributed by atoms with Crippen molar-refractivity contribution in [2.75, 3.05) is 0 Å². The van der Waals surface area contributed by atoms with Crippen LogP contribution >= 0.6 is 0 Å². The average Bonchev–Trinajstić information content (AvgIpc) is 0.890. The minimum absolute atomic E-state index is 0.109. The van der Waals surface area contributed by atoms with Crippen molar-refractivity contribution in [3.8, 4) is 57.5 Å². The van der Waals surface area contributed by atoms with E-state index < -0.39 is 0 Å². The summed E-state index contributed by atoms with van der Waals surface area (Å²) in [6.07, 6.45) is 6.78. The maximum Gasteiger partial charge on any atom is 0.314 e. The third kappa shape index (κ3) is 24.1. The van der Waals surface area contributed by atoms with Gasteiger partial charge in [0, 0.05) is 13.8 Å². The van der Waals surface area contributed by atoms with E-state index in [2.05, 4.69) is 0 Å². The monoisotopic (exact) mass is 1360 g/mol. The van der Waals surface area contributed by atoms with Gasteiger partial charge in [-0.2, -0.15) is 0 Å². The predicted molar refractivity (Wildman–Crippen MR) is 365 cm³/mol. The summed E-state index contributed by atoms with van der Waals surface area (Å²) in [5.41, 5.74) is 3.76. The van der Waals surface area contributed by atoms with E-state index in [0.717, 1.165) is 22.3 Å². The molecule has 11 rings (SSSR count). The van der Waals surface area contributed by atoms with Crippen LogP contribution in [0.1, 0.15) is 113 Å². The fraction of sp³-hybridized carbons (Fsp3) is 0.300. The molecule has 3 aliphatic carbocycles. The van der Waals surface area contributed by atoms with Gasteiger partial charge in [-0.05, 0) is 221 Å². The standard InChI is InChI=1S/C34H32O6.C26H28O8.C20H20O6/c35-33(39-31-19-15-29(16-20-31)37-23-25-7-3-1-4-8-25)27-11-13-28(14-12-27)34(36)40-32-21-17-30(18-22-32)38-24-26-9-5-2-6-10-26;1-17(27)31-15-19-3-11-23(12-4-19)33-25(29)21-7-9-22(10-8-21)26(30)34-24-13-5-20(6-14-24)16-32-18(2)28;21-15-5-9-17(10-6-15)25-19(23)13-1-2-14(4-3-13)20(24)26-18-11-7-16(22)8-12-18/h1-10,15-22,27-28H,11-14,23-24H2;3-6,11-14,21-22H,7-10,15-16H2,1-2H3;5-14,21-22H,1-4H2. The van der Waals surface area contributed by atoms with Crippen molar-refractivity contribution in [2.45, 2.75) is 117 Å². The van der Waals surface area contributed by atoms with Crippen molar-refractivity contribution in [3.05, 3.63) is 229 Å². The van der Waals surface area contributed by atoms with E-state index in [0.29, 0.717) is 136 Å². The smallest absolute Gasteiger partial charge is 0.314 e. The minimum Gasteiger partial charge on any atom is -0.508 e. The van der Waals surface area contributed by atoms with Crippen LogP contribution in [0.4, 0.5) is 0 Å². The van der Waals surface area contributed by atoms with Crippen LogP contribution in [0.15, 0.2) is 206 Å². The summed E-state index contributed by atoms with van der Waals surface area (Å²) in [6, 6.07) is 59.5. The van der Waals surface area contributed by atoms with Gasteiger partial charge in [0.15, 0.2) is 0 Å². The molecule has 520 valence electrons. The lowest BCUT2D eigenvalue weighted by molar-refractivity contribution is -0.145. The zero-order valence-corrected chi connectivity index (χ0v) is 55.7. The summed E-state index contributed by atoms with van der Waals surface area (Å²) in [4.78, 5) is 96.7. The largest absolute Gasteiger partial charge is 0.508 e. The number of rotatable bonds is 22. The van der Waals surface area contributed by atoms with Gasteiger partial charge in [-0.3, -0.25) is 38.4 Å². The Hall–Kier alpha value is -11.3. The number of phenolic OH excluding ortho intramolecular Hbond substituents is 2. The molecule has 0 heterocycles. The molecule has 0 radical (unpaired) electrons. The van der Waals surface area contributed by atoms with Crippen LogP contribution in [0.2, 0.25) is 0 Å². The summed E-state index contributed by atoms with van der Waals surface area (Å²) in [5, 5.41) is 18.5. The van der Waals surface area contributed by atoms with Crippen LogP contribution in [-0.4, -0.2) is 58.0 Å². The van der Waals surface area contributed by atoms with Gasteiger partial charge in [-0.1, -0.05) is 84.9 Å². The first-order valence-corrected chi connectivity index (χ1v) is 33.3.